The molecule has 1 aliphatic heterocycles. The molecule has 0 radical (unpaired) electrons. The predicted molar refractivity (Wildman–Crippen MR) is 70.9 cm³/mol. The third-order valence-electron chi connectivity index (χ3n) is 3.33. The summed E-state index contributed by atoms with van der Waals surface area (Å²) >= 11 is 0. The molecule has 1 rings (SSSR count). The van der Waals surface area contributed by atoms with E-state index in [1.54, 1.807) is 16.8 Å². The van der Waals surface area contributed by atoms with Crippen LogP contribution in [0.25, 0.3) is 0 Å². The lowest BCUT2D eigenvalue weighted by molar-refractivity contribution is -0.140. The minimum Gasteiger partial charge on any atom is -0.469 e. The van der Waals surface area contributed by atoms with E-state index < -0.39 is 0 Å². The van der Waals surface area contributed by atoms with Gasteiger partial charge in [-0.15, -0.1) is 0 Å². The highest BCUT2D eigenvalue weighted by Gasteiger charge is 2.24. The van der Waals surface area contributed by atoms with E-state index in [9.17, 15) is 9.59 Å². The summed E-state index contributed by atoms with van der Waals surface area (Å²) in [5.41, 5.74) is 0. The molecule has 0 aliphatic carbocycles. The van der Waals surface area contributed by atoms with Gasteiger partial charge in [0.2, 0.25) is 0 Å². The molecule has 1 heterocycles. The van der Waals surface area contributed by atoms with E-state index in [-0.39, 0.29) is 24.5 Å². The summed E-state index contributed by atoms with van der Waals surface area (Å²) < 4.78 is 10.2. The Labute approximate surface area is 114 Å². The first-order valence-corrected chi connectivity index (χ1v) is 6.77. The molecule has 110 valence electrons. The van der Waals surface area contributed by atoms with Gasteiger partial charge < -0.3 is 19.3 Å². The fourth-order valence-corrected chi connectivity index (χ4v) is 2.00. The van der Waals surface area contributed by atoms with Gasteiger partial charge in [-0.05, 0) is 19.8 Å². The van der Waals surface area contributed by atoms with Crippen molar-refractivity contribution in [1.82, 2.24) is 9.80 Å². The summed E-state index contributed by atoms with van der Waals surface area (Å²) in [6.07, 6.45) is 2.31. The van der Waals surface area contributed by atoms with Gasteiger partial charge in [-0.1, -0.05) is 0 Å². The van der Waals surface area contributed by atoms with E-state index in [4.69, 9.17) is 4.74 Å². The monoisotopic (exact) mass is 272 g/mol. The fourth-order valence-electron chi connectivity index (χ4n) is 2.00. The summed E-state index contributed by atoms with van der Waals surface area (Å²) in [5, 5.41) is 0. The van der Waals surface area contributed by atoms with Crippen molar-refractivity contribution in [2.45, 2.75) is 32.3 Å². The van der Waals surface area contributed by atoms with Crippen LogP contribution in [0.2, 0.25) is 0 Å². The highest BCUT2D eigenvalue weighted by Crippen LogP contribution is 2.14. The van der Waals surface area contributed by atoms with Gasteiger partial charge >= 0.3 is 12.0 Å². The average molecular weight is 272 g/mol. The number of ether oxygens (including phenoxy) is 2. The number of methoxy groups -OCH3 is 1. The van der Waals surface area contributed by atoms with Gasteiger partial charge in [0, 0.05) is 33.3 Å². The van der Waals surface area contributed by atoms with Gasteiger partial charge in [-0.3, -0.25) is 4.79 Å². The second-order valence-corrected chi connectivity index (χ2v) is 4.70. The first kappa shape index (κ1) is 15.8. The van der Waals surface area contributed by atoms with Crippen LogP contribution in [0.15, 0.2) is 0 Å². The zero-order chi connectivity index (χ0) is 14.3. The number of carbonyl (C=O) groups excluding carboxylic acids is 2. The van der Waals surface area contributed by atoms with E-state index in [0.29, 0.717) is 19.6 Å². The molecule has 0 N–H and O–H groups in total. The Morgan fingerprint density at radius 2 is 2.16 bits per heavy atom. The van der Waals surface area contributed by atoms with Crippen LogP contribution in [0.3, 0.4) is 0 Å². The maximum atomic E-state index is 12.2. The standard InChI is InChI=1S/C13H24N2O4/c1-4-14(2)13(17)15(8-7-12(16)18-3)10-11-6-5-9-19-11/h11H,4-10H2,1-3H3. The Bertz CT molecular complexity index is 303. The summed E-state index contributed by atoms with van der Waals surface area (Å²) in [6.45, 7) is 4.23. The summed E-state index contributed by atoms with van der Waals surface area (Å²) in [6, 6.07) is -0.0677. The van der Waals surface area contributed by atoms with Crippen molar-refractivity contribution >= 4 is 12.0 Å². The smallest absolute Gasteiger partial charge is 0.319 e. The molecule has 1 saturated heterocycles. The second kappa shape index (κ2) is 7.99. The number of hydrogen-bond acceptors (Lipinski definition) is 4. The molecule has 0 bridgehead atoms. The number of esters is 1. The molecule has 6 nitrogen and oxygen atoms in total. The van der Waals surface area contributed by atoms with Crippen molar-refractivity contribution in [3.8, 4) is 0 Å². The number of rotatable bonds is 6. The van der Waals surface area contributed by atoms with E-state index in [1.807, 2.05) is 6.92 Å². The van der Waals surface area contributed by atoms with Crippen LogP contribution in [0.1, 0.15) is 26.2 Å². The van der Waals surface area contributed by atoms with Gasteiger partial charge in [0.15, 0.2) is 0 Å². The molecule has 0 aromatic carbocycles. The Morgan fingerprint density at radius 1 is 1.42 bits per heavy atom. The molecule has 1 fully saturated rings. The predicted octanol–water partition coefficient (Wildman–Crippen LogP) is 1.10. The molecule has 0 aromatic rings. The number of hydrogen-bond donors (Lipinski definition) is 0. The van der Waals surface area contributed by atoms with E-state index in [0.717, 1.165) is 19.4 Å². The molecular formula is C13H24N2O4. The van der Waals surface area contributed by atoms with E-state index in [1.165, 1.54) is 7.11 Å². The van der Waals surface area contributed by atoms with Crippen LogP contribution in [-0.2, 0) is 14.3 Å². The third kappa shape index (κ3) is 5.06. The van der Waals surface area contributed by atoms with Crippen LogP contribution in [0.5, 0.6) is 0 Å². The number of carbonyl (C=O) groups is 2. The van der Waals surface area contributed by atoms with Crippen molar-refractivity contribution in [1.29, 1.82) is 0 Å². The lowest BCUT2D eigenvalue weighted by Gasteiger charge is -2.29. The third-order valence-corrected chi connectivity index (χ3v) is 3.33. The van der Waals surface area contributed by atoms with Crippen molar-refractivity contribution in [3.63, 3.8) is 0 Å². The summed E-state index contributed by atoms with van der Waals surface area (Å²) in [4.78, 5) is 26.7. The molecule has 1 unspecified atom stereocenters. The van der Waals surface area contributed by atoms with Gasteiger partial charge in [-0.25, -0.2) is 4.79 Å². The summed E-state index contributed by atoms with van der Waals surface area (Å²) in [7, 11) is 3.11. The van der Waals surface area contributed by atoms with Gasteiger partial charge in [0.1, 0.15) is 0 Å². The molecule has 2 amide bonds. The van der Waals surface area contributed by atoms with Gasteiger partial charge in [-0.2, -0.15) is 0 Å². The van der Waals surface area contributed by atoms with Gasteiger partial charge in [0.25, 0.3) is 0 Å². The Kier molecular flexibility index (Phi) is 6.62. The zero-order valence-electron chi connectivity index (χ0n) is 12.1. The molecule has 0 aromatic heterocycles. The van der Waals surface area contributed by atoms with Crippen molar-refractivity contribution in [2.24, 2.45) is 0 Å². The maximum Gasteiger partial charge on any atom is 0.319 e. The molecular weight excluding hydrogens is 248 g/mol. The Hall–Kier alpha value is -1.30. The van der Waals surface area contributed by atoms with Crippen LogP contribution >= 0.6 is 0 Å². The Balaban J connectivity index is 2.55. The highest BCUT2D eigenvalue weighted by molar-refractivity contribution is 5.75. The summed E-state index contributed by atoms with van der Waals surface area (Å²) in [5.74, 6) is -0.302. The normalized spacial score (nSPS) is 18.2. The average Bonchev–Trinajstić information content (AvgIpc) is 2.94. The maximum absolute atomic E-state index is 12.2. The first-order chi connectivity index (χ1) is 9.08. The highest BCUT2D eigenvalue weighted by atomic mass is 16.5. The molecule has 19 heavy (non-hydrogen) atoms. The number of nitrogens with zero attached hydrogens (tertiary/aromatic N) is 2. The lowest BCUT2D eigenvalue weighted by Crippen LogP contribution is -2.45. The van der Waals surface area contributed by atoms with E-state index >= 15 is 0 Å². The van der Waals surface area contributed by atoms with Crippen LogP contribution in [-0.4, -0.2) is 68.3 Å². The molecule has 6 heteroatoms. The Morgan fingerprint density at radius 3 is 2.68 bits per heavy atom. The molecule has 1 atom stereocenters. The minimum atomic E-state index is -0.302. The quantitative estimate of drug-likeness (QED) is 0.679. The van der Waals surface area contributed by atoms with Crippen molar-refractivity contribution < 1.29 is 19.1 Å². The largest absolute Gasteiger partial charge is 0.469 e. The fraction of sp³-hybridized carbons (Fsp3) is 0.846. The van der Waals surface area contributed by atoms with E-state index in [2.05, 4.69) is 4.74 Å². The molecule has 1 aliphatic rings. The SMILES string of the molecule is CCN(C)C(=O)N(CCC(=O)OC)CC1CCCO1. The lowest BCUT2D eigenvalue weighted by atomic mass is 10.2. The van der Waals surface area contributed by atoms with Crippen LogP contribution in [0.4, 0.5) is 4.79 Å². The van der Waals surface area contributed by atoms with Crippen molar-refractivity contribution in [3.05, 3.63) is 0 Å². The zero-order valence-corrected chi connectivity index (χ0v) is 12.1. The molecule has 0 saturated carbocycles. The number of urea groups is 1. The molecule has 0 spiro atoms. The van der Waals surface area contributed by atoms with Crippen LogP contribution < -0.4 is 0 Å². The van der Waals surface area contributed by atoms with Gasteiger partial charge in [0.05, 0.1) is 19.6 Å². The van der Waals surface area contributed by atoms with Crippen LogP contribution in [0, 0.1) is 0 Å². The number of amides is 2. The second-order valence-electron chi connectivity index (χ2n) is 4.70. The van der Waals surface area contributed by atoms with Crippen molar-refractivity contribution in [2.75, 3.05) is 40.4 Å². The first-order valence-electron chi connectivity index (χ1n) is 6.77. The topological polar surface area (TPSA) is 59.1 Å². The minimum absolute atomic E-state index is 0.0677.